The monoisotopic (exact) mass is 274 g/mol. The Balaban J connectivity index is 2.34. The van der Waals surface area contributed by atoms with Gasteiger partial charge in [0.2, 0.25) is 0 Å². The van der Waals surface area contributed by atoms with Gasteiger partial charge in [0, 0.05) is 6.54 Å². The van der Waals surface area contributed by atoms with E-state index in [0.717, 1.165) is 5.69 Å². The predicted molar refractivity (Wildman–Crippen MR) is 82.8 cm³/mol. The molecule has 2 aromatic carbocycles. The molecule has 0 fully saturated rings. The van der Waals surface area contributed by atoms with E-state index in [0.29, 0.717) is 11.6 Å². The molecule has 0 saturated heterocycles. The van der Waals surface area contributed by atoms with Crippen LogP contribution in [-0.2, 0) is 0 Å². The maximum atomic E-state index is 6.19. The largest absolute Gasteiger partial charge is 0.376 e. The minimum atomic E-state index is 0.0705. The molecule has 3 heteroatoms. The average Bonchev–Trinajstić information content (AvgIpc) is 2.39. The molecule has 0 aliphatic rings. The Labute approximate surface area is 119 Å². The minimum Gasteiger partial charge on any atom is -0.376 e. The number of benzene rings is 2. The van der Waals surface area contributed by atoms with Crippen LogP contribution < -0.4 is 11.1 Å². The van der Waals surface area contributed by atoms with E-state index < -0.39 is 0 Å². The number of halogens is 1. The molecular weight excluding hydrogens is 256 g/mol. The van der Waals surface area contributed by atoms with Gasteiger partial charge in [0.05, 0.1) is 16.8 Å². The van der Waals surface area contributed by atoms with Crippen LogP contribution in [0.25, 0.3) is 0 Å². The van der Waals surface area contributed by atoms with E-state index in [1.54, 1.807) is 0 Å². The second kappa shape index (κ2) is 6.09. The zero-order valence-corrected chi connectivity index (χ0v) is 12.0. The summed E-state index contributed by atoms with van der Waals surface area (Å²) in [4.78, 5) is 0. The average molecular weight is 275 g/mol. The van der Waals surface area contributed by atoms with Crippen LogP contribution in [0.1, 0.15) is 22.7 Å². The predicted octanol–water partition coefficient (Wildman–Crippen LogP) is 4.07. The van der Waals surface area contributed by atoms with Crippen molar-refractivity contribution in [3.05, 3.63) is 64.2 Å². The minimum absolute atomic E-state index is 0.0705. The number of aryl methyl sites for hydroxylation is 2. The van der Waals surface area contributed by atoms with Gasteiger partial charge in [-0.25, -0.2) is 0 Å². The van der Waals surface area contributed by atoms with Gasteiger partial charge >= 0.3 is 0 Å². The number of anilines is 1. The van der Waals surface area contributed by atoms with Crippen LogP contribution in [0.4, 0.5) is 5.69 Å². The van der Waals surface area contributed by atoms with Crippen LogP contribution >= 0.6 is 11.6 Å². The van der Waals surface area contributed by atoms with Gasteiger partial charge in [0.15, 0.2) is 0 Å². The van der Waals surface area contributed by atoms with Crippen LogP contribution in [0.5, 0.6) is 0 Å². The van der Waals surface area contributed by atoms with E-state index in [2.05, 4.69) is 37.4 Å². The first-order valence-electron chi connectivity index (χ1n) is 6.40. The second-order valence-electron chi connectivity index (χ2n) is 4.72. The molecule has 2 rings (SSSR count). The smallest absolute Gasteiger partial charge is 0.0641 e. The van der Waals surface area contributed by atoms with Gasteiger partial charge in [-0.1, -0.05) is 41.9 Å². The summed E-state index contributed by atoms with van der Waals surface area (Å²) in [5.41, 5.74) is 10.6. The van der Waals surface area contributed by atoms with Crippen LogP contribution in [0.3, 0.4) is 0 Å². The topological polar surface area (TPSA) is 38.0 Å². The lowest BCUT2D eigenvalue weighted by Crippen LogP contribution is -2.22. The number of rotatable bonds is 4. The highest BCUT2D eigenvalue weighted by atomic mass is 35.5. The van der Waals surface area contributed by atoms with Crippen LogP contribution in [0.15, 0.2) is 42.5 Å². The van der Waals surface area contributed by atoms with Crippen molar-refractivity contribution in [1.29, 1.82) is 0 Å². The van der Waals surface area contributed by atoms with Crippen molar-refractivity contribution in [3.63, 3.8) is 0 Å². The van der Waals surface area contributed by atoms with Crippen molar-refractivity contribution in [2.75, 3.05) is 11.9 Å². The first-order valence-corrected chi connectivity index (χ1v) is 6.78. The fourth-order valence-corrected chi connectivity index (χ4v) is 2.58. The van der Waals surface area contributed by atoms with Crippen molar-refractivity contribution in [1.82, 2.24) is 0 Å². The van der Waals surface area contributed by atoms with Crippen LogP contribution in [0.2, 0.25) is 5.02 Å². The zero-order valence-electron chi connectivity index (χ0n) is 11.3. The Hall–Kier alpha value is -1.51. The molecule has 2 nitrogen and oxygen atoms in total. The molecule has 0 bridgehead atoms. The first kappa shape index (κ1) is 13.9. The maximum Gasteiger partial charge on any atom is 0.0641 e. The van der Waals surface area contributed by atoms with Crippen LogP contribution in [-0.4, -0.2) is 6.54 Å². The Bertz CT molecular complexity index is 546. The third-order valence-electron chi connectivity index (χ3n) is 3.33. The molecule has 0 saturated carbocycles. The number of hydrogen-bond donors (Lipinski definition) is 2. The second-order valence-corrected chi connectivity index (χ2v) is 5.13. The van der Waals surface area contributed by atoms with Gasteiger partial charge in [0.25, 0.3) is 0 Å². The number of nitrogens with one attached hydrogen (secondary N) is 1. The molecule has 19 heavy (non-hydrogen) atoms. The van der Waals surface area contributed by atoms with E-state index in [-0.39, 0.29) is 6.04 Å². The lowest BCUT2D eigenvalue weighted by molar-refractivity contribution is 0.777. The highest BCUT2D eigenvalue weighted by Gasteiger charge is 2.15. The van der Waals surface area contributed by atoms with Gasteiger partial charge in [-0.3, -0.25) is 0 Å². The van der Waals surface area contributed by atoms with E-state index in [1.165, 1.54) is 16.7 Å². The third-order valence-corrected chi connectivity index (χ3v) is 3.66. The first-order chi connectivity index (χ1) is 9.13. The van der Waals surface area contributed by atoms with E-state index in [9.17, 15) is 0 Å². The quantitative estimate of drug-likeness (QED) is 0.882. The molecule has 0 spiro atoms. The third kappa shape index (κ3) is 3.09. The van der Waals surface area contributed by atoms with E-state index in [1.807, 2.05) is 24.3 Å². The molecule has 0 aliphatic carbocycles. The van der Waals surface area contributed by atoms with Crippen molar-refractivity contribution in [2.24, 2.45) is 5.73 Å². The molecule has 0 aromatic heterocycles. The van der Waals surface area contributed by atoms with Crippen molar-refractivity contribution in [2.45, 2.75) is 19.9 Å². The summed E-state index contributed by atoms with van der Waals surface area (Å²) in [6.07, 6.45) is 0. The zero-order chi connectivity index (χ0) is 13.8. The lowest BCUT2D eigenvalue weighted by Gasteiger charge is -2.23. The lowest BCUT2D eigenvalue weighted by atomic mass is 9.96. The van der Waals surface area contributed by atoms with Gasteiger partial charge in [0.1, 0.15) is 0 Å². The van der Waals surface area contributed by atoms with Crippen molar-refractivity contribution >= 4 is 17.3 Å². The van der Waals surface area contributed by atoms with E-state index >= 15 is 0 Å². The summed E-state index contributed by atoms with van der Waals surface area (Å²) in [5.74, 6) is 0. The highest BCUT2D eigenvalue weighted by Crippen LogP contribution is 2.28. The molecule has 0 radical (unpaired) electrons. The molecule has 1 unspecified atom stereocenters. The maximum absolute atomic E-state index is 6.19. The fraction of sp³-hybridized carbons (Fsp3) is 0.250. The molecule has 3 N–H and O–H groups in total. The molecule has 0 heterocycles. The molecule has 100 valence electrons. The standard InChI is InChI=1S/C16H19ClN2/c1-11-6-5-7-12(2)16(11)15(10-18)19-14-9-4-3-8-13(14)17/h3-9,15,19H,10,18H2,1-2H3. The Morgan fingerprint density at radius 3 is 2.26 bits per heavy atom. The molecule has 0 aliphatic heterocycles. The van der Waals surface area contributed by atoms with Gasteiger partial charge in [-0.05, 0) is 42.7 Å². The Morgan fingerprint density at radius 2 is 1.68 bits per heavy atom. The molecule has 2 aromatic rings. The summed E-state index contributed by atoms with van der Waals surface area (Å²) in [6.45, 7) is 4.75. The molecule has 1 atom stereocenters. The molecular formula is C16H19ClN2. The van der Waals surface area contributed by atoms with Crippen LogP contribution in [0, 0.1) is 13.8 Å². The Kier molecular flexibility index (Phi) is 4.46. The van der Waals surface area contributed by atoms with Gasteiger partial charge in [-0.2, -0.15) is 0 Å². The van der Waals surface area contributed by atoms with Gasteiger partial charge < -0.3 is 11.1 Å². The normalized spacial score (nSPS) is 12.2. The van der Waals surface area contributed by atoms with E-state index in [4.69, 9.17) is 17.3 Å². The SMILES string of the molecule is Cc1cccc(C)c1C(CN)Nc1ccccc1Cl. The summed E-state index contributed by atoms with van der Waals surface area (Å²) < 4.78 is 0. The molecule has 0 amide bonds. The highest BCUT2D eigenvalue weighted by molar-refractivity contribution is 6.33. The van der Waals surface area contributed by atoms with Crippen molar-refractivity contribution < 1.29 is 0 Å². The van der Waals surface area contributed by atoms with Crippen molar-refractivity contribution in [3.8, 4) is 0 Å². The summed E-state index contributed by atoms with van der Waals surface area (Å²) in [6, 6.07) is 14.1. The summed E-state index contributed by atoms with van der Waals surface area (Å²) in [5, 5.41) is 4.15. The number of nitrogens with two attached hydrogens (primary N) is 1. The fourth-order valence-electron chi connectivity index (χ4n) is 2.39. The Morgan fingerprint density at radius 1 is 1.05 bits per heavy atom. The number of hydrogen-bond acceptors (Lipinski definition) is 2. The number of para-hydroxylation sites is 1. The van der Waals surface area contributed by atoms with Gasteiger partial charge in [-0.15, -0.1) is 0 Å². The summed E-state index contributed by atoms with van der Waals surface area (Å²) in [7, 11) is 0. The summed E-state index contributed by atoms with van der Waals surface area (Å²) >= 11 is 6.19.